The second kappa shape index (κ2) is 7.65. The molecule has 1 unspecified atom stereocenters. The van der Waals surface area contributed by atoms with E-state index in [1.807, 2.05) is 13.8 Å². The SMILES string of the molecule is CCCOc1nc(N)nc(NC(CC)CCO)n1. The minimum absolute atomic E-state index is 0.107. The zero-order chi connectivity index (χ0) is 13.4. The summed E-state index contributed by atoms with van der Waals surface area (Å²) < 4.78 is 5.32. The Morgan fingerprint density at radius 1 is 1.33 bits per heavy atom. The highest BCUT2D eigenvalue weighted by Crippen LogP contribution is 2.12. The average Bonchev–Trinajstić information content (AvgIpc) is 2.35. The largest absolute Gasteiger partial charge is 0.463 e. The van der Waals surface area contributed by atoms with Gasteiger partial charge in [0.25, 0.3) is 0 Å². The van der Waals surface area contributed by atoms with Gasteiger partial charge in [-0.3, -0.25) is 0 Å². The summed E-state index contributed by atoms with van der Waals surface area (Å²) in [6.45, 7) is 4.67. The molecule has 0 fully saturated rings. The molecular formula is C11H21N5O2. The third kappa shape index (κ3) is 4.70. The normalized spacial score (nSPS) is 12.2. The van der Waals surface area contributed by atoms with Crippen molar-refractivity contribution in [3.8, 4) is 6.01 Å². The zero-order valence-corrected chi connectivity index (χ0v) is 10.9. The Kier molecular flexibility index (Phi) is 6.13. The highest BCUT2D eigenvalue weighted by Gasteiger charge is 2.10. The highest BCUT2D eigenvalue weighted by molar-refractivity contribution is 5.33. The van der Waals surface area contributed by atoms with Crippen LogP contribution in [0.25, 0.3) is 0 Å². The molecule has 1 aromatic rings. The first-order valence-electron chi connectivity index (χ1n) is 6.21. The number of nitrogens with one attached hydrogen (secondary N) is 1. The number of aliphatic hydroxyl groups is 1. The molecule has 0 saturated carbocycles. The number of nitrogens with two attached hydrogens (primary N) is 1. The second-order valence-electron chi connectivity index (χ2n) is 3.91. The summed E-state index contributed by atoms with van der Waals surface area (Å²) in [5.74, 6) is 0.506. The van der Waals surface area contributed by atoms with Crippen molar-refractivity contribution in [2.24, 2.45) is 0 Å². The molecule has 7 heteroatoms. The lowest BCUT2D eigenvalue weighted by molar-refractivity contribution is 0.277. The van der Waals surface area contributed by atoms with Crippen molar-refractivity contribution < 1.29 is 9.84 Å². The van der Waals surface area contributed by atoms with Gasteiger partial charge in [-0.1, -0.05) is 13.8 Å². The number of aliphatic hydroxyl groups excluding tert-OH is 1. The maximum absolute atomic E-state index is 8.93. The number of nitrogens with zero attached hydrogens (tertiary/aromatic N) is 3. The summed E-state index contributed by atoms with van der Waals surface area (Å²) in [7, 11) is 0. The molecule has 0 aliphatic carbocycles. The Morgan fingerprint density at radius 2 is 2.11 bits per heavy atom. The molecule has 0 saturated heterocycles. The van der Waals surface area contributed by atoms with Crippen LogP contribution in [-0.4, -0.2) is 39.3 Å². The predicted molar refractivity (Wildman–Crippen MR) is 69.4 cm³/mol. The third-order valence-electron chi connectivity index (χ3n) is 2.37. The van der Waals surface area contributed by atoms with Gasteiger partial charge in [0.15, 0.2) is 0 Å². The van der Waals surface area contributed by atoms with Crippen molar-refractivity contribution in [1.29, 1.82) is 0 Å². The van der Waals surface area contributed by atoms with Crippen LogP contribution in [0.5, 0.6) is 6.01 Å². The van der Waals surface area contributed by atoms with Gasteiger partial charge in [-0.2, -0.15) is 15.0 Å². The molecular weight excluding hydrogens is 234 g/mol. The first-order valence-corrected chi connectivity index (χ1v) is 6.21. The number of rotatable bonds is 8. The van der Waals surface area contributed by atoms with Crippen LogP contribution in [0.1, 0.15) is 33.1 Å². The van der Waals surface area contributed by atoms with Crippen LogP contribution in [0.2, 0.25) is 0 Å². The van der Waals surface area contributed by atoms with Crippen molar-refractivity contribution in [3.05, 3.63) is 0 Å². The van der Waals surface area contributed by atoms with Crippen LogP contribution in [0.3, 0.4) is 0 Å². The smallest absolute Gasteiger partial charge is 0.323 e. The van der Waals surface area contributed by atoms with E-state index in [0.29, 0.717) is 19.0 Å². The highest BCUT2D eigenvalue weighted by atomic mass is 16.5. The monoisotopic (exact) mass is 255 g/mol. The second-order valence-corrected chi connectivity index (χ2v) is 3.91. The van der Waals surface area contributed by atoms with Gasteiger partial charge >= 0.3 is 6.01 Å². The van der Waals surface area contributed by atoms with Crippen LogP contribution >= 0.6 is 0 Å². The minimum atomic E-state index is 0.107. The summed E-state index contributed by atoms with van der Waals surface area (Å²) in [5.41, 5.74) is 5.59. The Hall–Kier alpha value is -1.63. The van der Waals surface area contributed by atoms with Crippen LogP contribution in [-0.2, 0) is 0 Å². The van der Waals surface area contributed by atoms with Gasteiger partial charge in [-0.05, 0) is 19.3 Å². The molecule has 1 aromatic heterocycles. The Bertz CT molecular complexity index is 361. The molecule has 102 valence electrons. The number of hydrogen-bond donors (Lipinski definition) is 3. The van der Waals surface area contributed by atoms with E-state index in [0.717, 1.165) is 12.8 Å². The van der Waals surface area contributed by atoms with Gasteiger partial charge in [0, 0.05) is 12.6 Å². The summed E-state index contributed by atoms with van der Waals surface area (Å²) in [5, 5.41) is 12.0. The Morgan fingerprint density at radius 3 is 2.72 bits per heavy atom. The fraction of sp³-hybridized carbons (Fsp3) is 0.727. The fourth-order valence-corrected chi connectivity index (χ4v) is 1.41. The van der Waals surface area contributed by atoms with Crippen molar-refractivity contribution in [3.63, 3.8) is 0 Å². The first kappa shape index (κ1) is 14.4. The van der Waals surface area contributed by atoms with E-state index < -0.39 is 0 Å². The summed E-state index contributed by atoms with van der Waals surface area (Å²) >= 11 is 0. The molecule has 0 radical (unpaired) electrons. The molecule has 0 spiro atoms. The number of anilines is 2. The van der Waals surface area contributed by atoms with Crippen LogP contribution in [0, 0.1) is 0 Å². The minimum Gasteiger partial charge on any atom is -0.463 e. The molecule has 0 aliphatic rings. The lowest BCUT2D eigenvalue weighted by Gasteiger charge is -2.15. The maximum Gasteiger partial charge on any atom is 0.323 e. The number of aromatic nitrogens is 3. The summed E-state index contributed by atoms with van der Waals surface area (Å²) in [6.07, 6.45) is 2.36. The molecule has 1 atom stereocenters. The van der Waals surface area contributed by atoms with E-state index >= 15 is 0 Å². The third-order valence-corrected chi connectivity index (χ3v) is 2.37. The van der Waals surface area contributed by atoms with Gasteiger partial charge in [0.1, 0.15) is 0 Å². The quantitative estimate of drug-likeness (QED) is 0.631. The van der Waals surface area contributed by atoms with E-state index in [1.54, 1.807) is 0 Å². The predicted octanol–water partition coefficient (Wildman–Crippen LogP) is 0.815. The fourth-order valence-electron chi connectivity index (χ4n) is 1.41. The van der Waals surface area contributed by atoms with Crippen molar-refractivity contribution in [2.75, 3.05) is 24.3 Å². The lowest BCUT2D eigenvalue weighted by Crippen LogP contribution is -2.22. The number of ether oxygens (including phenoxy) is 1. The molecule has 0 aliphatic heterocycles. The number of nitrogen functional groups attached to an aromatic ring is 1. The van der Waals surface area contributed by atoms with Crippen LogP contribution in [0.15, 0.2) is 0 Å². The molecule has 0 bridgehead atoms. The van der Waals surface area contributed by atoms with Crippen molar-refractivity contribution in [1.82, 2.24) is 15.0 Å². The summed E-state index contributed by atoms with van der Waals surface area (Å²) in [6, 6.07) is 0.335. The van der Waals surface area contributed by atoms with Gasteiger partial charge in [0.2, 0.25) is 11.9 Å². The van der Waals surface area contributed by atoms with Gasteiger partial charge in [-0.15, -0.1) is 0 Å². The molecule has 0 aromatic carbocycles. The average molecular weight is 255 g/mol. The van der Waals surface area contributed by atoms with Crippen LogP contribution < -0.4 is 15.8 Å². The molecule has 7 nitrogen and oxygen atoms in total. The standard InChI is InChI=1S/C11H21N5O2/c1-3-7-18-11-15-9(12)14-10(16-11)13-8(4-2)5-6-17/h8,17H,3-7H2,1-2H3,(H3,12,13,14,15,16). The topological polar surface area (TPSA) is 106 Å². The Balaban J connectivity index is 2.71. The maximum atomic E-state index is 8.93. The van der Waals surface area contributed by atoms with E-state index in [4.69, 9.17) is 15.6 Å². The van der Waals surface area contributed by atoms with E-state index in [2.05, 4.69) is 20.3 Å². The summed E-state index contributed by atoms with van der Waals surface area (Å²) in [4.78, 5) is 12.0. The molecule has 1 heterocycles. The van der Waals surface area contributed by atoms with Gasteiger partial charge in [0.05, 0.1) is 6.61 Å². The molecule has 0 amide bonds. The number of hydrogen-bond acceptors (Lipinski definition) is 7. The molecule has 18 heavy (non-hydrogen) atoms. The van der Waals surface area contributed by atoms with E-state index in [1.165, 1.54) is 0 Å². The van der Waals surface area contributed by atoms with E-state index in [9.17, 15) is 0 Å². The molecule has 4 N–H and O–H groups in total. The van der Waals surface area contributed by atoms with Gasteiger partial charge in [-0.25, -0.2) is 0 Å². The van der Waals surface area contributed by atoms with E-state index in [-0.39, 0.29) is 24.6 Å². The Labute approximate surface area is 107 Å². The zero-order valence-electron chi connectivity index (χ0n) is 10.9. The van der Waals surface area contributed by atoms with Crippen LogP contribution in [0.4, 0.5) is 11.9 Å². The lowest BCUT2D eigenvalue weighted by atomic mass is 10.2. The molecule has 1 rings (SSSR count). The van der Waals surface area contributed by atoms with Gasteiger partial charge < -0.3 is 20.9 Å². The van der Waals surface area contributed by atoms with Crippen molar-refractivity contribution >= 4 is 11.9 Å². The first-order chi connectivity index (χ1) is 8.69. The van der Waals surface area contributed by atoms with Crippen molar-refractivity contribution in [2.45, 2.75) is 39.2 Å².